The van der Waals surface area contributed by atoms with E-state index in [0.717, 1.165) is 51.5 Å². The summed E-state index contributed by atoms with van der Waals surface area (Å²) >= 11 is 0. The summed E-state index contributed by atoms with van der Waals surface area (Å²) in [6, 6.07) is 23.4. The van der Waals surface area contributed by atoms with Crippen molar-refractivity contribution in [1.82, 2.24) is 0 Å². The minimum Gasteiger partial charge on any atom is -0.848 e. The number of rotatable bonds is 12. The van der Waals surface area contributed by atoms with E-state index in [1.807, 2.05) is 55.1 Å². The number of Topliss-reactive ketones (excluding diaryl/α,β-unsaturated/α-hetero) is 1. The molecule has 1 fully saturated rings. The van der Waals surface area contributed by atoms with Gasteiger partial charge in [0, 0.05) is 65.9 Å². The van der Waals surface area contributed by atoms with E-state index in [-0.39, 0.29) is 24.3 Å². The number of nitro groups is 2. The third-order valence-corrected chi connectivity index (χ3v) is 11.4. The number of non-ortho nitro benzene ring substituents is 2. The average molecular weight is 743 g/mol. The third-order valence-electron chi connectivity index (χ3n) is 11.4. The van der Waals surface area contributed by atoms with Gasteiger partial charge in [0.15, 0.2) is 11.5 Å². The fourth-order valence-corrected chi connectivity index (χ4v) is 8.51. The van der Waals surface area contributed by atoms with Gasteiger partial charge in [-0.15, -0.1) is 0 Å². The van der Waals surface area contributed by atoms with Crippen molar-refractivity contribution >= 4 is 51.0 Å². The van der Waals surface area contributed by atoms with Crippen molar-refractivity contribution in [3.63, 3.8) is 0 Å². The number of carbonyl (C=O) groups excluding carboxylic acids is 1. The van der Waals surface area contributed by atoms with Crippen LogP contribution in [0.3, 0.4) is 0 Å². The number of carboxylic acid groups (broad SMARTS) is 1. The summed E-state index contributed by atoms with van der Waals surface area (Å²) in [6.07, 6.45) is 4.22. The van der Waals surface area contributed by atoms with Gasteiger partial charge in [-0.25, -0.2) is 0 Å². The molecule has 1 N–H and O–H groups in total. The fourth-order valence-electron chi connectivity index (χ4n) is 8.51. The van der Waals surface area contributed by atoms with Crippen molar-refractivity contribution in [3.05, 3.63) is 139 Å². The predicted molar refractivity (Wildman–Crippen MR) is 207 cm³/mol. The van der Waals surface area contributed by atoms with Gasteiger partial charge in [0.25, 0.3) is 11.4 Å². The first kappa shape index (κ1) is 37.3. The van der Waals surface area contributed by atoms with E-state index in [1.54, 1.807) is 12.2 Å². The van der Waals surface area contributed by atoms with Gasteiger partial charge in [0.1, 0.15) is 6.54 Å². The maximum atomic E-state index is 14.2. The number of nitro benzene ring substituents is 2. The van der Waals surface area contributed by atoms with Crippen LogP contribution >= 0.6 is 0 Å². The maximum Gasteiger partial charge on any atom is 0.303 e. The Kier molecular flexibility index (Phi) is 9.50. The van der Waals surface area contributed by atoms with Gasteiger partial charge in [-0.3, -0.25) is 29.8 Å². The van der Waals surface area contributed by atoms with Crippen molar-refractivity contribution in [2.75, 3.05) is 11.4 Å². The monoisotopic (exact) mass is 742 g/mol. The van der Waals surface area contributed by atoms with Gasteiger partial charge in [-0.2, -0.15) is 4.58 Å². The lowest BCUT2D eigenvalue weighted by atomic mass is 9.71. The van der Waals surface area contributed by atoms with Crippen LogP contribution in [-0.4, -0.2) is 49.6 Å². The van der Waals surface area contributed by atoms with E-state index >= 15 is 0 Å². The number of aliphatic carboxylic acids is 1. The van der Waals surface area contributed by atoms with Crippen LogP contribution in [0.1, 0.15) is 70.1 Å². The van der Waals surface area contributed by atoms with Gasteiger partial charge in [0.05, 0.1) is 26.7 Å². The van der Waals surface area contributed by atoms with E-state index in [4.69, 9.17) is 5.11 Å². The summed E-state index contributed by atoms with van der Waals surface area (Å²) in [4.78, 5) is 49.2. The molecule has 12 heteroatoms. The van der Waals surface area contributed by atoms with Crippen LogP contribution in [0.2, 0.25) is 0 Å². The SMILES string of the molecule is CC1(C)C(=CC2C(=O)C(=CC3=[N+](CCCCCC(=O)O)c4c(ccc5ccccc45)C3(C)C)C2[O-])N(Cc2cc([N+](=O)[O-])cc([N+](=O)[O-])c2)c2ccccc21. The molecule has 0 spiro atoms. The zero-order valence-corrected chi connectivity index (χ0v) is 31.2. The van der Waals surface area contributed by atoms with E-state index in [1.165, 1.54) is 12.1 Å². The minimum atomic E-state index is -1.36. The number of fused-ring (bicyclic) bond motifs is 4. The lowest BCUT2D eigenvalue weighted by Crippen LogP contribution is -2.53. The Labute approximate surface area is 318 Å². The van der Waals surface area contributed by atoms with Crippen molar-refractivity contribution in [3.8, 4) is 0 Å². The second kappa shape index (κ2) is 14.0. The number of nitrogens with zero attached hydrogens (tertiary/aromatic N) is 4. The smallest absolute Gasteiger partial charge is 0.303 e. The van der Waals surface area contributed by atoms with E-state index < -0.39 is 50.0 Å². The predicted octanol–water partition coefficient (Wildman–Crippen LogP) is 7.41. The maximum absolute atomic E-state index is 14.2. The topological polar surface area (TPSA) is 170 Å². The molecule has 4 aromatic rings. The second-order valence-electron chi connectivity index (χ2n) is 15.6. The molecule has 55 heavy (non-hydrogen) atoms. The largest absolute Gasteiger partial charge is 0.848 e. The van der Waals surface area contributed by atoms with E-state index in [0.29, 0.717) is 30.6 Å². The van der Waals surface area contributed by atoms with E-state index in [2.05, 4.69) is 42.7 Å². The van der Waals surface area contributed by atoms with Gasteiger partial charge < -0.3 is 15.1 Å². The molecule has 1 aliphatic carbocycles. The molecule has 0 amide bonds. The number of unbranched alkanes of at least 4 members (excludes halogenated alkanes) is 2. The standard InChI is InChI=1S/C43H42N4O8/c1-42(2)33-14-9-10-15-35(33)45(25-26-20-28(46(52)53)22-29(21-26)47(54)55)37(42)24-32-40(50)31(41(32)51)23-36-43(3,4)34-18-17-27-12-7-8-13-30(27)39(34)44(36)19-11-5-6-16-38(48)49/h7-10,12-15,17-18,20-24,32,40H,5-6,11,16,19,25H2,1-4H3,(H,48,49). The number of benzene rings is 4. The zero-order valence-electron chi connectivity index (χ0n) is 31.2. The molecule has 282 valence electrons. The number of ketones is 1. The number of carbonyl (C=O) groups is 2. The van der Waals surface area contributed by atoms with E-state index in [9.17, 15) is 34.9 Å². The van der Waals surface area contributed by atoms with Gasteiger partial charge >= 0.3 is 5.97 Å². The first-order valence-corrected chi connectivity index (χ1v) is 18.4. The normalized spacial score (nSPS) is 20.9. The lowest BCUT2D eigenvalue weighted by molar-refractivity contribution is -0.437. The number of hydrogen-bond donors (Lipinski definition) is 1. The summed E-state index contributed by atoms with van der Waals surface area (Å²) in [5, 5.41) is 48.9. The average Bonchev–Trinajstić information content (AvgIpc) is 3.50. The molecule has 1 saturated carbocycles. The summed E-state index contributed by atoms with van der Waals surface area (Å²) in [7, 11) is 0. The number of carboxylic acids is 1. The molecule has 2 aliphatic heterocycles. The highest BCUT2D eigenvalue weighted by Gasteiger charge is 2.48. The molecule has 0 bridgehead atoms. The highest BCUT2D eigenvalue weighted by Crippen LogP contribution is 2.50. The van der Waals surface area contributed by atoms with Gasteiger partial charge in [-0.1, -0.05) is 74.6 Å². The van der Waals surface area contributed by atoms with Gasteiger partial charge in [0.2, 0.25) is 5.69 Å². The third kappa shape index (κ3) is 6.50. The molecule has 2 heterocycles. The summed E-state index contributed by atoms with van der Waals surface area (Å²) in [5.74, 6) is -2.09. The quantitative estimate of drug-likeness (QED) is 0.0510. The Balaban J connectivity index is 1.26. The first-order chi connectivity index (χ1) is 26.1. The number of allylic oxidation sites excluding steroid dienone is 2. The molecular weight excluding hydrogens is 700 g/mol. The Hall–Kier alpha value is -6.01. The van der Waals surface area contributed by atoms with Crippen LogP contribution in [0.25, 0.3) is 10.8 Å². The highest BCUT2D eigenvalue weighted by atomic mass is 16.6. The van der Waals surface area contributed by atoms with Gasteiger partial charge in [-0.05, 0) is 60.9 Å². The van der Waals surface area contributed by atoms with Crippen LogP contribution in [0.15, 0.2) is 102 Å². The zero-order chi connectivity index (χ0) is 39.4. The van der Waals surface area contributed by atoms with Crippen LogP contribution in [0, 0.1) is 26.1 Å². The van der Waals surface area contributed by atoms with Crippen LogP contribution in [0.4, 0.5) is 22.7 Å². The molecule has 12 nitrogen and oxygen atoms in total. The molecule has 4 aromatic carbocycles. The second-order valence-corrected chi connectivity index (χ2v) is 15.6. The summed E-state index contributed by atoms with van der Waals surface area (Å²) < 4.78 is 2.20. The molecule has 0 radical (unpaired) electrons. The number of para-hydroxylation sites is 1. The molecule has 7 rings (SSSR count). The molecule has 3 aliphatic rings. The Bertz CT molecular complexity index is 2360. The molecule has 0 saturated heterocycles. The molecule has 2 unspecified atom stereocenters. The van der Waals surface area contributed by atoms with Crippen LogP contribution < -0.4 is 10.0 Å². The Morgan fingerprint density at radius 1 is 0.873 bits per heavy atom. The van der Waals surface area contributed by atoms with Crippen molar-refractivity contribution in [2.24, 2.45) is 5.92 Å². The fraction of sp³-hybridized carbons (Fsp3) is 0.326. The Morgan fingerprint density at radius 2 is 1.55 bits per heavy atom. The number of anilines is 1. The van der Waals surface area contributed by atoms with Crippen molar-refractivity contribution in [1.29, 1.82) is 0 Å². The Morgan fingerprint density at radius 3 is 2.22 bits per heavy atom. The molecule has 2 atom stereocenters. The van der Waals surface area contributed by atoms with Crippen molar-refractivity contribution < 1.29 is 34.2 Å². The first-order valence-electron chi connectivity index (χ1n) is 18.4. The summed E-state index contributed by atoms with van der Waals surface area (Å²) in [5.41, 5.74) is 3.86. The van der Waals surface area contributed by atoms with Crippen molar-refractivity contribution in [2.45, 2.75) is 76.9 Å². The molecule has 0 aromatic heterocycles. The number of hydrogen-bond acceptors (Lipinski definition) is 8. The lowest BCUT2D eigenvalue weighted by Gasteiger charge is -2.43. The van der Waals surface area contributed by atoms with Crippen LogP contribution in [0.5, 0.6) is 0 Å². The highest BCUT2D eigenvalue weighted by molar-refractivity contribution is 6.15. The van der Waals surface area contributed by atoms with Crippen LogP contribution in [-0.2, 0) is 27.0 Å². The minimum absolute atomic E-state index is 0.0433. The summed E-state index contributed by atoms with van der Waals surface area (Å²) in [6.45, 7) is 8.79. The molecular formula is C43H42N4O8.